The normalized spacial score (nSPS) is 22.3. The summed E-state index contributed by atoms with van der Waals surface area (Å²) in [6.45, 7) is 2.61. The van der Waals surface area contributed by atoms with Gasteiger partial charge in [0, 0.05) is 11.6 Å². The first-order valence-electron chi connectivity index (χ1n) is 6.59. The maximum absolute atomic E-state index is 12.4. The molecule has 9 heteroatoms. The number of aliphatic hydroxyl groups excluding tert-OH is 1. The van der Waals surface area contributed by atoms with Crippen LogP contribution in [0.2, 0.25) is 0 Å². The quantitative estimate of drug-likeness (QED) is 0.814. The van der Waals surface area contributed by atoms with Gasteiger partial charge in [-0.15, -0.1) is 0 Å². The molecule has 1 aliphatic rings. The number of furan rings is 1. The lowest BCUT2D eigenvalue weighted by Gasteiger charge is -2.22. The molecule has 1 saturated heterocycles. The van der Waals surface area contributed by atoms with Gasteiger partial charge in [0.05, 0.1) is 18.1 Å². The minimum absolute atomic E-state index is 0.0922. The Bertz CT molecular complexity index is 732. The maximum Gasteiger partial charge on any atom is 0.244 e. The zero-order valence-electron chi connectivity index (χ0n) is 11.9. The lowest BCUT2D eigenvalue weighted by atomic mass is 10.2. The Morgan fingerprint density at radius 2 is 2.00 bits per heavy atom. The minimum Gasteiger partial charge on any atom is -0.465 e. The van der Waals surface area contributed by atoms with Crippen molar-refractivity contribution in [1.29, 1.82) is 0 Å². The molecule has 0 bridgehead atoms. The second kappa shape index (κ2) is 5.71. The summed E-state index contributed by atoms with van der Waals surface area (Å²) in [4.78, 5) is -0.0922. The zero-order chi connectivity index (χ0) is 15.8. The van der Waals surface area contributed by atoms with E-state index in [1.807, 2.05) is 0 Å². The second-order valence-corrected chi connectivity index (χ2v) is 9.13. The number of nitrogens with one attached hydrogen (secondary N) is 1. The highest BCUT2D eigenvalue weighted by Gasteiger charge is 2.32. The van der Waals surface area contributed by atoms with Gasteiger partial charge in [0.15, 0.2) is 9.84 Å². The van der Waals surface area contributed by atoms with Crippen molar-refractivity contribution in [2.75, 3.05) is 11.5 Å². The van der Waals surface area contributed by atoms with E-state index in [9.17, 15) is 21.9 Å². The molecule has 21 heavy (non-hydrogen) atoms. The average molecular weight is 337 g/mol. The molecular weight excluding hydrogens is 318 g/mol. The van der Waals surface area contributed by atoms with Crippen molar-refractivity contribution in [1.82, 2.24) is 4.72 Å². The largest absolute Gasteiger partial charge is 0.465 e. The summed E-state index contributed by atoms with van der Waals surface area (Å²) in [6.07, 6.45) is 0.911. The van der Waals surface area contributed by atoms with Crippen LogP contribution in [0.1, 0.15) is 29.9 Å². The molecule has 1 aromatic heterocycles. The molecule has 1 unspecified atom stereocenters. The number of sulfone groups is 1. The first-order valence-corrected chi connectivity index (χ1v) is 9.89. The summed E-state index contributed by atoms with van der Waals surface area (Å²) in [5.74, 6) is 0.419. The van der Waals surface area contributed by atoms with Crippen LogP contribution in [0.25, 0.3) is 0 Å². The van der Waals surface area contributed by atoms with E-state index < -0.39 is 32.5 Å². The SMILES string of the molecule is Cc1oc(C)c(S(=O)(=O)NC2CCCS(=O)(=O)C2)c1CO. The summed E-state index contributed by atoms with van der Waals surface area (Å²) in [7, 11) is -7.14. The standard InChI is InChI=1S/C12H19NO6S2/c1-8-11(6-14)12(9(2)19-8)21(17,18)13-10-4-3-5-20(15,16)7-10/h10,13-14H,3-7H2,1-2H3. The number of hydrogen-bond acceptors (Lipinski definition) is 6. The zero-order valence-corrected chi connectivity index (χ0v) is 13.6. The molecule has 0 saturated carbocycles. The third kappa shape index (κ3) is 3.47. The maximum atomic E-state index is 12.4. The number of sulfonamides is 1. The predicted octanol–water partition coefficient (Wildman–Crippen LogP) is 0.244. The molecule has 7 nitrogen and oxygen atoms in total. The third-order valence-electron chi connectivity index (χ3n) is 3.54. The molecule has 0 radical (unpaired) electrons. The van der Waals surface area contributed by atoms with Crippen LogP contribution in [0.15, 0.2) is 9.31 Å². The van der Waals surface area contributed by atoms with Crippen LogP contribution in [0.4, 0.5) is 0 Å². The summed E-state index contributed by atoms with van der Waals surface area (Å²) in [5.41, 5.74) is 0.207. The lowest BCUT2D eigenvalue weighted by Crippen LogP contribution is -2.43. The summed E-state index contributed by atoms with van der Waals surface area (Å²) < 4.78 is 55.7. The summed E-state index contributed by atoms with van der Waals surface area (Å²) >= 11 is 0. The van der Waals surface area contributed by atoms with Crippen molar-refractivity contribution >= 4 is 19.9 Å². The van der Waals surface area contributed by atoms with Crippen LogP contribution < -0.4 is 4.72 Å². The van der Waals surface area contributed by atoms with Crippen molar-refractivity contribution in [2.45, 2.75) is 44.2 Å². The number of aryl methyl sites for hydroxylation is 2. The van der Waals surface area contributed by atoms with Gasteiger partial charge in [-0.2, -0.15) is 0 Å². The lowest BCUT2D eigenvalue weighted by molar-refractivity contribution is 0.276. The molecule has 0 amide bonds. The smallest absolute Gasteiger partial charge is 0.244 e. The van der Waals surface area contributed by atoms with Crippen LogP contribution >= 0.6 is 0 Å². The van der Waals surface area contributed by atoms with E-state index in [4.69, 9.17) is 4.42 Å². The van der Waals surface area contributed by atoms with E-state index in [0.717, 1.165) is 0 Å². The molecule has 1 fully saturated rings. The first-order chi connectivity index (χ1) is 9.66. The molecule has 120 valence electrons. The van der Waals surface area contributed by atoms with Crippen molar-refractivity contribution in [3.63, 3.8) is 0 Å². The van der Waals surface area contributed by atoms with Crippen LogP contribution in [0, 0.1) is 13.8 Å². The molecule has 0 aromatic carbocycles. The fraction of sp³-hybridized carbons (Fsp3) is 0.667. The van der Waals surface area contributed by atoms with Gasteiger partial charge in [-0.25, -0.2) is 21.6 Å². The van der Waals surface area contributed by atoms with Gasteiger partial charge >= 0.3 is 0 Å². The molecule has 2 heterocycles. The molecule has 2 rings (SSSR count). The van der Waals surface area contributed by atoms with Crippen molar-refractivity contribution in [2.24, 2.45) is 0 Å². The van der Waals surface area contributed by atoms with Gasteiger partial charge in [-0.3, -0.25) is 0 Å². The van der Waals surface area contributed by atoms with Crippen molar-refractivity contribution < 1.29 is 26.4 Å². The Morgan fingerprint density at radius 3 is 2.57 bits per heavy atom. The van der Waals surface area contributed by atoms with Crippen LogP contribution in [0.3, 0.4) is 0 Å². The topological polar surface area (TPSA) is 114 Å². The molecule has 0 aliphatic carbocycles. The molecule has 2 N–H and O–H groups in total. The average Bonchev–Trinajstić information content (AvgIpc) is 2.62. The Balaban J connectivity index is 2.31. The van der Waals surface area contributed by atoms with E-state index in [1.54, 1.807) is 6.92 Å². The minimum atomic E-state index is -3.93. The molecule has 1 aromatic rings. The summed E-state index contributed by atoms with van der Waals surface area (Å²) in [6, 6.07) is -0.644. The van der Waals surface area contributed by atoms with E-state index in [1.165, 1.54) is 6.92 Å². The highest BCUT2D eigenvalue weighted by atomic mass is 32.2. The second-order valence-electron chi connectivity index (χ2n) is 5.26. The number of hydrogen-bond donors (Lipinski definition) is 2. The Labute approximate surface area is 124 Å². The van der Waals surface area contributed by atoms with Gasteiger partial charge in [0.25, 0.3) is 0 Å². The highest BCUT2D eigenvalue weighted by molar-refractivity contribution is 7.91. The Morgan fingerprint density at radius 1 is 1.33 bits per heavy atom. The van der Waals surface area contributed by atoms with E-state index in [2.05, 4.69) is 4.72 Å². The van der Waals surface area contributed by atoms with Crippen LogP contribution in [-0.2, 0) is 26.5 Å². The molecule has 1 atom stereocenters. The van der Waals surface area contributed by atoms with E-state index in [0.29, 0.717) is 18.6 Å². The number of aliphatic hydroxyl groups is 1. The Kier molecular flexibility index (Phi) is 4.48. The van der Waals surface area contributed by atoms with E-state index >= 15 is 0 Å². The van der Waals surface area contributed by atoms with Gasteiger partial charge in [-0.1, -0.05) is 0 Å². The van der Waals surface area contributed by atoms with Crippen LogP contribution in [-0.4, -0.2) is 39.5 Å². The van der Waals surface area contributed by atoms with Gasteiger partial charge in [-0.05, 0) is 26.7 Å². The summed E-state index contributed by atoms with van der Waals surface area (Å²) in [5, 5.41) is 9.32. The molecular formula is C12H19NO6S2. The van der Waals surface area contributed by atoms with Crippen LogP contribution in [0.5, 0.6) is 0 Å². The Hall–Kier alpha value is -0.900. The fourth-order valence-corrected chi connectivity index (χ4v) is 6.09. The first kappa shape index (κ1) is 16.5. The highest BCUT2D eigenvalue weighted by Crippen LogP contribution is 2.27. The van der Waals surface area contributed by atoms with Crippen molar-refractivity contribution in [3.8, 4) is 0 Å². The van der Waals surface area contributed by atoms with Gasteiger partial charge < -0.3 is 9.52 Å². The fourth-order valence-electron chi connectivity index (χ4n) is 2.64. The van der Waals surface area contributed by atoms with Gasteiger partial charge in [0.2, 0.25) is 10.0 Å². The number of rotatable bonds is 4. The van der Waals surface area contributed by atoms with E-state index in [-0.39, 0.29) is 27.7 Å². The molecule has 0 spiro atoms. The third-order valence-corrected chi connectivity index (χ3v) is 7.07. The van der Waals surface area contributed by atoms with Crippen molar-refractivity contribution in [3.05, 3.63) is 17.1 Å². The monoisotopic (exact) mass is 337 g/mol. The molecule has 1 aliphatic heterocycles. The van der Waals surface area contributed by atoms with Gasteiger partial charge in [0.1, 0.15) is 16.4 Å². The predicted molar refractivity (Wildman–Crippen MR) is 76.1 cm³/mol.